The van der Waals surface area contributed by atoms with E-state index in [9.17, 15) is 4.39 Å². The largest absolute Gasteiger partial charge is 0.375 e. The van der Waals surface area contributed by atoms with Gasteiger partial charge in [0, 0.05) is 47.8 Å². The van der Waals surface area contributed by atoms with Crippen LogP contribution in [0.1, 0.15) is 17.5 Å². The number of rotatable bonds is 5. The number of hydrazone groups is 1. The number of hydrogen-bond donors (Lipinski definition) is 2. The Kier molecular flexibility index (Phi) is 7.83. The van der Waals surface area contributed by atoms with Gasteiger partial charge in [-0.2, -0.15) is 5.10 Å². The van der Waals surface area contributed by atoms with Gasteiger partial charge in [-0.15, -0.1) is 0 Å². The minimum Gasteiger partial charge on any atom is -0.375 e. The molecule has 0 aliphatic carbocycles. The monoisotopic (exact) mass is 497 g/mol. The van der Waals surface area contributed by atoms with Crippen molar-refractivity contribution in [2.24, 2.45) is 10.8 Å². The van der Waals surface area contributed by atoms with Gasteiger partial charge in [-0.05, 0) is 64.4 Å². The number of thiocarbonyl (C=S) groups is 1. The van der Waals surface area contributed by atoms with Gasteiger partial charge in [0.1, 0.15) is 5.82 Å². The second kappa shape index (κ2) is 10.3. The molecule has 2 aromatic carbocycles. The Balaban J connectivity index is 1.64. The molecule has 29 heavy (non-hydrogen) atoms. The van der Waals surface area contributed by atoms with Crippen LogP contribution in [0.15, 0.2) is 46.0 Å². The molecule has 0 radical (unpaired) electrons. The molecule has 0 atom stereocenters. The van der Waals surface area contributed by atoms with Crippen LogP contribution in [0.2, 0.25) is 5.02 Å². The van der Waals surface area contributed by atoms with Gasteiger partial charge in [-0.3, -0.25) is 10.3 Å². The van der Waals surface area contributed by atoms with Crippen molar-refractivity contribution in [3.63, 3.8) is 0 Å². The summed E-state index contributed by atoms with van der Waals surface area (Å²) in [7, 11) is 0. The Morgan fingerprint density at radius 1 is 1.28 bits per heavy atom. The second-order valence-electron chi connectivity index (χ2n) is 6.76. The van der Waals surface area contributed by atoms with Crippen LogP contribution in [0, 0.1) is 5.82 Å². The predicted molar refractivity (Wildman–Crippen MR) is 125 cm³/mol. The summed E-state index contributed by atoms with van der Waals surface area (Å²) in [6.45, 7) is 4.02. The first-order valence-corrected chi connectivity index (χ1v) is 10.8. The van der Waals surface area contributed by atoms with Crippen molar-refractivity contribution < 1.29 is 4.39 Å². The van der Waals surface area contributed by atoms with Gasteiger partial charge in [0.2, 0.25) is 0 Å². The highest BCUT2D eigenvalue weighted by molar-refractivity contribution is 9.10. The van der Waals surface area contributed by atoms with E-state index in [-0.39, 0.29) is 10.9 Å². The van der Waals surface area contributed by atoms with E-state index in [0.717, 1.165) is 48.3 Å². The van der Waals surface area contributed by atoms with E-state index < -0.39 is 0 Å². The van der Waals surface area contributed by atoms with Crippen LogP contribution in [0.5, 0.6) is 0 Å². The van der Waals surface area contributed by atoms with Crippen molar-refractivity contribution in [2.45, 2.75) is 13.0 Å². The van der Waals surface area contributed by atoms with Crippen molar-refractivity contribution in [1.82, 2.24) is 10.3 Å². The van der Waals surface area contributed by atoms with Crippen molar-refractivity contribution in [3.8, 4) is 0 Å². The van der Waals surface area contributed by atoms with Crippen LogP contribution >= 0.6 is 39.7 Å². The number of anilines is 1. The zero-order valence-corrected chi connectivity index (χ0v) is 18.9. The van der Waals surface area contributed by atoms with E-state index in [2.05, 4.69) is 42.3 Å². The third-order valence-corrected chi connectivity index (χ3v) is 5.81. The SMILES string of the molecule is NC(=S)N/N=C/c1ccc(N2CCCN(Cc3c(F)cccc3Cl)CC2)c(Br)c1. The molecule has 1 heterocycles. The smallest absolute Gasteiger partial charge is 0.184 e. The molecule has 3 rings (SSSR count). The van der Waals surface area contributed by atoms with Crippen LogP contribution in [0.25, 0.3) is 0 Å². The third kappa shape index (κ3) is 6.12. The Labute approximate surface area is 188 Å². The molecule has 1 aliphatic heterocycles. The van der Waals surface area contributed by atoms with E-state index in [1.165, 1.54) is 6.07 Å². The molecule has 0 amide bonds. The summed E-state index contributed by atoms with van der Waals surface area (Å²) in [5.74, 6) is -0.247. The molecule has 2 aromatic rings. The number of halogens is 3. The van der Waals surface area contributed by atoms with Crippen molar-refractivity contribution in [2.75, 3.05) is 31.1 Å². The molecular weight excluding hydrogens is 477 g/mol. The number of hydrogen-bond acceptors (Lipinski definition) is 4. The number of nitrogens with zero attached hydrogens (tertiary/aromatic N) is 3. The number of nitrogens with two attached hydrogens (primary N) is 1. The predicted octanol–water partition coefficient (Wildman–Crippen LogP) is 4.12. The molecule has 0 spiro atoms. The van der Waals surface area contributed by atoms with Gasteiger partial charge in [0.15, 0.2) is 5.11 Å². The second-order valence-corrected chi connectivity index (χ2v) is 8.46. The zero-order chi connectivity index (χ0) is 20.8. The number of nitrogens with one attached hydrogen (secondary N) is 1. The molecule has 1 aliphatic rings. The summed E-state index contributed by atoms with van der Waals surface area (Å²) in [5.41, 5.74) is 10.5. The first-order valence-electron chi connectivity index (χ1n) is 9.22. The Hall–Kier alpha value is -1.74. The van der Waals surface area contributed by atoms with Crippen LogP contribution in [0.4, 0.5) is 10.1 Å². The summed E-state index contributed by atoms with van der Waals surface area (Å²) in [5, 5.41) is 4.59. The standard InChI is InChI=1S/C20H22BrClFN5S/c21-16-11-14(12-25-26-20(24)29)5-6-19(16)28-8-2-7-27(9-10-28)13-15-17(22)3-1-4-18(15)23/h1,3-6,11-12H,2,7-10,13H2,(H3,24,26,29)/b25-12+. The van der Waals surface area contributed by atoms with E-state index in [1.54, 1.807) is 18.3 Å². The first kappa shape index (κ1) is 22.0. The fourth-order valence-electron chi connectivity index (χ4n) is 3.31. The lowest BCUT2D eigenvalue weighted by atomic mass is 10.2. The Morgan fingerprint density at radius 3 is 2.83 bits per heavy atom. The quantitative estimate of drug-likeness (QED) is 0.369. The average molecular weight is 499 g/mol. The van der Waals surface area contributed by atoms with Gasteiger partial charge in [-0.25, -0.2) is 4.39 Å². The molecule has 9 heteroatoms. The van der Waals surface area contributed by atoms with Crippen LogP contribution in [0.3, 0.4) is 0 Å². The third-order valence-electron chi connectivity index (χ3n) is 4.73. The summed E-state index contributed by atoms with van der Waals surface area (Å²) >= 11 is 14.6. The molecule has 154 valence electrons. The molecule has 0 bridgehead atoms. The molecule has 1 saturated heterocycles. The maximum Gasteiger partial charge on any atom is 0.184 e. The molecule has 1 fully saturated rings. The zero-order valence-electron chi connectivity index (χ0n) is 15.7. The highest BCUT2D eigenvalue weighted by atomic mass is 79.9. The highest BCUT2D eigenvalue weighted by Gasteiger charge is 2.19. The van der Waals surface area contributed by atoms with Gasteiger partial charge in [0.25, 0.3) is 0 Å². The fourth-order valence-corrected chi connectivity index (χ4v) is 4.23. The molecule has 0 saturated carbocycles. The van der Waals surface area contributed by atoms with Crippen LogP contribution < -0.4 is 16.1 Å². The summed E-state index contributed by atoms with van der Waals surface area (Å²) in [6, 6.07) is 10.9. The molecule has 5 nitrogen and oxygen atoms in total. The molecular formula is C20H22BrClFN5S. The van der Waals surface area contributed by atoms with E-state index in [4.69, 9.17) is 29.6 Å². The summed E-state index contributed by atoms with van der Waals surface area (Å²) in [4.78, 5) is 4.59. The Bertz CT molecular complexity index is 890. The average Bonchev–Trinajstić information content (AvgIpc) is 2.90. The Morgan fingerprint density at radius 2 is 2.10 bits per heavy atom. The van der Waals surface area contributed by atoms with E-state index >= 15 is 0 Å². The van der Waals surface area contributed by atoms with Crippen LogP contribution in [-0.2, 0) is 6.54 Å². The maximum atomic E-state index is 14.1. The lowest BCUT2D eigenvalue weighted by molar-refractivity contribution is 0.281. The minimum atomic E-state index is -0.247. The summed E-state index contributed by atoms with van der Waals surface area (Å²) < 4.78 is 15.1. The normalized spacial score (nSPS) is 15.5. The van der Waals surface area contributed by atoms with Gasteiger partial charge in [0.05, 0.1) is 11.9 Å². The summed E-state index contributed by atoms with van der Waals surface area (Å²) in [6.07, 6.45) is 2.65. The van der Waals surface area contributed by atoms with Crippen LogP contribution in [-0.4, -0.2) is 42.4 Å². The van der Waals surface area contributed by atoms with Gasteiger partial charge < -0.3 is 10.6 Å². The van der Waals surface area contributed by atoms with Crippen molar-refractivity contribution in [1.29, 1.82) is 0 Å². The van der Waals surface area contributed by atoms with Gasteiger partial charge in [-0.1, -0.05) is 23.7 Å². The molecule has 3 N–H and O–H groups in total. The van der Waals surface area contributed by atoms with E-state index in [0.29, 0.717) is 17.1 Å². The lowest BCUT2D eigenvalue weighted by Gasteiger charge is -2.25. The molecule has 0 aromatic heterocycles. The van der Waals surface area contributed by atoms with Crippen molar-refractivity contribution in [3.05, 3.63) is 62.8 Å². The highest BCUT2D eigenvalue weighted by Crippen LogP contribution is 2.28. The fraction of sp³-hybridized carbons (Fsp3) is 0.300. The minimum absolute atomic E-state index is 0.128. The lowest BCUT2D eigenvalue weighted by Crippen LogP contribution is -2.31. The van der Waals surface area contributed by atoms with Crippen molar-refractivity contribution >= 4 is 56.8 Å². The first-order chi connectivity index (χ1) is 13.9. The number of benzene rings is 2. The van der Waals surface area contributed by atoms with Gasteiger partial charge >= 0.3 is 0 Å². The topological polar surface area (TPSA) is 56.9 Å². The maximum absolute atomic E-state index is 14.1. The molecule has 0 unspecified atom stereocenters. The van der Waals surface area contributed by atoms with E-state index in [1.807, 2.05) is 12.1 Å².